The summed E-state index contributed by atoms with van der Waals surface area (Å²) in [5, 5.41) is 8.99. The van der Waals surface area contributed by atoms with E-state index in [1.807, 2.05) is 0 Å². The van der Waals surface area contributed by atoms with E-state index in [0.29, 0.717) is 18.1 Å². The lowest BCUT2D eigenvalue weighted by Gasteiger charge is -2.08. The molecule has 104 valence electrons. The standard InChI is InChI=1S/C13H16O5S/c1-9-2-5-11(6-12(9)13(14)15)19(16,17)8-18-7-10-3-4-10/h2,5-6,10H,3-4,7-8H2,1H3,(H,14,15). The number of carboxylic acid groups (broad SMARTS) is 1. The molecule has 0 unspecified atom stereocenters. The number of aromatic carboxylic acids is 1. The van der Waals surface area contributed by atoms with Crippen LogP contribution in [0.4, 0.5) is 0 Å². The molecule has 1 fully saturated rings. The molecule has 19 heavy (non-hydrogen) atoms. The van der Waals surface area contributed by atoms with E-state index in [9.17, 15) is 13.2 Å². The first-order valence-corrected chi connectivity index (χ1v) is 7.70. The molecule has 5 nitrogen and oxygen atoms in total. The molecule has 0 aromatic heterocycles. The van der Waals surface area contributed by atoms with Gasteiger partial charge in [0.25, 0.3) is 0 Å². The largest absolute Gasteiger partial charge is 0.478 e. The number of hydrogen-bond donors (Lipinski definition) is 1. The van der Waals surface area contributed by atoms with Crippen LogP contribution in [0.15, 0.2) is 23.1 Å². The summed E-state index contributed by atoms with van der Waals surface area (Å²) >= 11 is 0. The molecule has 1 aliphatic rings. The Morgan fingerprint density at radius 1 is 1.42 bits per heavy atom. The van der Waals surface area contributed by atoms with E-state index in [1.54, 1.807) is 6.92 Å². The number of hydrogen-bond acceptors (Lipinski definition) is 4. The van der Waals surface area contributed by atoms with Crippen LogP contribution in [-0.2, 0) is 14.6 Å². The zero-order chi connectivity index (χ0) is 14.0. The molecular formula is C13H16O5S. The number of carbonyl (C=O) groups is 1. The quantitative estimate of drug-likeness (QED) is 0.862. The van der Waals surface area contributed by atoms with Crippen LogP contribution < -0.4 is 0 Å². The molecule has 0 amide bonds. The first-order chi connectivity index (χ1) is 8.90. The normalized spacial score (nSPS) is 15.4. The number of ether oxygens (including phenoxy) is 1. The van der Waals surface area contributed by atoms with Crippen molar-refractivity contribution in [3.05, 3.63) is 29.3 Å². The van der Waals surface area contributed by atoms with E-state index in [0.717, 1.165) is 12.8 Å². The van der Waals surface area contributed by atoms with Gasteiger partial charge in [-0.2, -0.15) is 0 Å². The lowest BCUT2D eigenvalue weighted by Crippen LogP contribution is -2.12. The van der Waals surface area contributed by atoms with Gasteiger partial charge in [-0.05, 0) is 43.4 Å². The number of aryl methyl sites for hydroxylation is 1. The van der Waals surface area contributed by atoms with Crippen LogP contribution in [0.1, 0.15) is 28.8 Å². The monoisotopic (exact) mass is 284 g/mol. The van der Waals surface area contributed by atoms with Gasteiger partial charge in [-0.15, -0.1) is 0 Å². The Morgan fingerprint density at radius 2 is 2.11 bits per heavy atom. The smallest absolute Gasteiger partial charge is 0.335 e. The van der Waals surface area contributed by atoms with Crippen molar-refractivity contribution in [1.29, 1.82) is 0 Å². The van der Waals surface area contributed by atoms with Gasteiger partial charge in [0.05, 0.1) is 17.1 Å². The van der Waals surface area contributed by atoms with Gasteiger partial charge in [0, 0.05) is 0 Å². The average molecular weight is 284 g/mol. The van der Waals surface area contributed by atoms with Crippen molar-refractivity contribution in [2.75, 3.05) is 12.5 Å². The summed E-state index contributed by atoms with van der Waals surface area (Å²) in [6.45, 7) is 2.08. The van der Waals surface area contributed by atoms with E-state index < -0.39 is 21.7 Å². The second-order valence-corrected chi connectivity index (χ2v) is 6.77. The molecule has 1 aliphatic carbocycles. The number of rotatable bonds is 6. The first-order valence-electron chi connectivity index (χ1n) is 6.04. The van der Waals surface area contributed by atoms with Gasteiger partial charge in [0.1, 0.15) is 0 Å². The summed E-state index contributed by atoms with van der Waals surface area (Å²) < 4.78 is 29.2. The Kier molecular flexibility index (Phi) is 3.91. The van der Waals surface area contributed by atoms with Gasteiger partial charge in [-0.1, -0.05) is 6.07 Å². The summed E-state index contributed by atoms with van der Waals surface area (Å²) in [5.74, 6) is -1.04. The molecule has 0 atom stereocenters. The second-order valence-electron chi connectivity index (χ2n) is 4.83. The molecule has 1 aromatic carbocycles. The molecule has 0 aliphatic heterocycles. The number of sulfone groups is 1. The van der Waals surface area contributed by atoms with Gasteiger partial charge >= 0.3 is 5.97 Å². The fourth-order valence-electron chi connectivity index (χ4n) is 1.70. The predicted octanol–water partition coefficient (Wildman–Crippen LogP) is 1.85. The highest BCUT2D eigenvalue weighted by Gasteiger charge is 2.23. The second kappa shape index (κ2) is 5.30. The van der Waals surface area contributed by atoms with Crippen LogP contribution in [-0.4, -0.2) is 32.0 Å². The third kappa shape index (κ3) is 3.54. The summed E-state index contributed by atoms with van der Waals surface area (Å²) in [4.78, 5) is 11.0. The zero-order valence-electron chi connectivity index (χ0n) is 10.6. The SMILES string of the molecule is Cc1ccc(S(=O)(=O)COCC2CC2)cc1C(=O)O. The summed E-state index contributed by atoms with van der Waals surface area (Å²) in [5.41, 5.74) is 0.536. The van der Waals surface area contributed by atoms with E-state index in [1.165, 1.54) is 18.2 Å². The van der Waals surface area contributed by atoms with Crippen molar-refractivity contribution >= 4 is 15.8 Å². The molecule has 1 saturated carbocycles. The van der Waals surface area contributed by atoms with Crippen molar-refractivity contribution in [3.63, 3.8) is 0 Å². The minimum absolute atomic E-state index is 0.00303. The molecular weight excluding hydrogens is 268 g/mol. The van der Waals surface area contributed by atoms with E-state index in [4.69, 9.17) is 9.84 Å². The maximum atomic E-state index is 12.0. The third-order valence-electron chi connectivity index (χ3n) is 3.09. The van der Waals surface area contributed by atoms with Crippen LogP contribution >= 0.6 is 0 Å². The molecule has 0 saturated heterocycles. The highest BCUT2D eigenvalue weighted by molar-refractivity contribution is 7.91. The molecule has 6 heteroatoms. The van der Waals surface area contributed by atoms with Crippen LogP contribution in [0, 0.1) is 12.8 Å². The Bertz CT molecular complexity index is 587. The number of benzene rings is 1. The summed E-state index contributed by atoms with van der Waals surface area (Å²) in [6.07, 6.45) is 2.18. The van der Waals surface area contributed by atoms with E-state index in [2.05, 4.69) is 0 Å². The minimum Gasteiger partial charge on any atom is -0.478 e. The maximum Gasteiger partial charge on any atom is 0.335 e. The molecule has 0 heterocycles. The molecule has 1 N–H and O–H groups in total. The molecule has 0 bridgehead atoms. The van der Waals surface area contributed by atoms with Crippen molar-refractivity contribution < 1.29 is 23.1 Å². The van der Waals surface area contributed by atoms with Gasteiger partial charge < -0.3 is 9.84 Å². The van der Waals surface area contributed by atoms with Gasteiger partial charge in [-0.3, -0.25) is 0 Å². The van der Waals surface area contributed by atoms with E-state index >= 15 is 0 Å². The fourth-order valence-corrected chi connectivity index (χ4v) is 2.73. The Labute approximate surface area is 112 Å². The van der Waals surface area contributed by atoms with Gasteiger partial charge in [0.15, 0.2) is 5.94 Å². The van der Waals surface area contributed by atoms with Crippen LogP contribution in [0.25, 0.3) is 0 Å². The van der Waals surface area contributed by atoms with Gasteiger partial charge in [-0.25, -0.2) is 13.2 Å². The van der Waals surface area contributed by atoms with Crippen molar-refractivity contribution in [1.82, 2.24) is 0 Å². The van der Waals surface area contributed by atoms with Gasteiger partial charge in [0.2, 0.25) is 9.84 Å². The van der Waals surface area contributed by atoms with Crippen LogP contribution in [0.3, 0.4) is 0 Å². The first kappa shape index (κ1) is 14.0. The molecule has 0 radical (unpaired) electrons. The highest BCUT2D eigenvalue weighted by atomic mass is 32.2. The number of carboxylic acids is 1. The lowest BCUT2D eigenvalue weighted by molar-refractivity contribution is 0.0696. The zero-order valence-corrected chi connectivity index (χ0v) is 11.4. The van der Waals surface area contributed by atoms with Crippen LogP contribution in [0.2, 0.25) is 0 Å². The Balaban J connectivity index is 2.14. The molecule has 2 rings (SSSR count). The molecule has 1 aromatic rings. The Hall–Kier alpha value is -1.40. The van der Waals surface area contributed by atoms with Crippen molar-refractivity contribution in [2.45, 2.75) is 24.7 Å². The van der Waals surface area contributed by atoms with E-state index in [-0.39, 0.29) is 10.5 Å². The van der Waals surface area contributed by atoms with Crippen molar-refractivity contribution in [3.8, 4) is 0 Å². The predicted molar refractivity (Wildman–Crippen MR) is 68.9 cm³/mol. The summed E-state index contributed by atoms with van der Waals surface area (Å²) in [6, 6.07) is 4.10. The average Bonchev–Trinajstić information content (AvgIpc) is 3.12. The Morgan fingerprint density at radius 3 is 2.68 bits per heavy atom. The third-order valence-corrected chi connectivity index (χ3v) is 4.54. The minimum atomic E-state index is -3.59. The summed E-state index contributed by atoms with van der Waals surface area (Å²) in [7, 11) is -3.59. The lowest BCUT2D eigenvalue weighted by atomic mass is 10.1. The fraction of sp³-hybridized carbons (Fsp3) is 0.462. The highest BCUT2D eigenvalue weighted by Crippen LogP contribution is 2.29. The van der Waals surface area contributed by atoms with Crippen molar-refractivity contribution in [2.24, 2.45) is 5.92 Å². The topological polar surface area (TPSA) is 80.7 Å². The van der Waals surface area contributed by atoms with Crippen LogP contribution in [0.5, 0.6) is 0 Å². The maximum absolute atomic E-state index is 12.0. The molecule has 0 spiro atoms.